The molecule has 27 heavy (non-hydrogen) atoms. The number of benzene rings is 2. The molecule has 0 saturated carbocycles. The summed E-state index contributed by atoms with van der Waals surface area (Å²) < 4.78 is 0. The third kappa shape index (κ3) is 3.80. The number of amides is 2. The molecule has 2 N–H and O–H groups in total. The molecule has 0 bridgehead atoms. The normalized spacial score (nSPS) is 14.3. The molecule has 0 fully saturated rings. The van der Waals surface area contributed by atoms with Crippen molar-refractivity contribution in [2.24, 2.45) is 0 Å². The third-order valence-electron chi connectivity index (χ3n) is 4.33. The number of carbonyl (C=O) groups is 2. The largest absolute Gasteiger partial charge is 0.509 e. The first-order valence-corrected chi connectivity index (χ1v) is 9.14. The minimum Gasteiger partial charge on any atom is -0.509 e. The van der Waals surface area contributed by atoms with Crippen molar-refractivity contribution in [3.8, 4) is 0 Å². The van der Waals surface area contributed by atoms with E-state index in [1.807, 2.05) is 26.0 Å². The van der Waals surface area contributed by atoms with Gasteiger partial charge in [-0.2, -0.15) is 0 Å². The lowest BCUT2D eigenvalue weighted by atomic mass is 10.0. The highest BCUT2D eigenvalue weighted by Crippen LogP contribution is 2.31. The number of aliphatic hydroxyl groups is 1. The van der Waals surface area contributed by atoms with Crippen molar-refractivity contribution in [1.82, 2.24) is 0 Å². The van der Waals surface area contributed by atoms with Crippen molar-refractivity contribution in [3.63, 3.8) is 0 Å². The van der Waals surface area contributed by atoms with Gasteiger partial charge in [0.05, 0.1) is 16.6 Å². The second-order valence-corrected chi connectivity index (χ2v) is 7.32. The second kappa shape index (κ2) is 7.62. The summed E-state index contributed by atoms with van der Waals surface area (Å²) in [5, 5.41) is 13.6. The lowest BCUT2D eigenvalue weighted by molar-refractivity contribution is -0.119. The number of aliphatic hydroxyl groups excluding tert-OH is 1. The fraction of sp³-hybridized carbons (Fsp3) is 0.200. The second-order valence-electron chi connectivity index (χ2n) is 6.51. The van der Waals surface area contributed by atoms with Crippen LogP contribution in [0, 0.1) is 0 Å². The lowest BCUT2D eigenvalue weighted by Gasteiger charge is -2.17. The standard InChI is InChI=1S/C20H18Cl2N2O3/c1-11(2)13-5-3-4-6-16(13)23-19(26)18-17(25)10-24(20(18)27)12-7-8-14(21)15(22)9-12/h3-9,11,25H,10H2,1-2H3,(H,23,26). The number of para-hydroxylation sites is 1. The van der Waals surface area contributed by atoms with Crippen LogP contribution in [0.25, 0.3) is 0 Å². The molecule has 140 valence electrons. The van der Waals surface area contributed by atoms with Crippen molar-refractivity contribution < 1.29 is 14.7 Å². The predicted octanol–water partition coefficient (Wildman–Crippen LogP) is 4.91. The van der Waals surface area contributed by atoms with Crippen LogP contribution in [0.15, 0.2) is 53.8 Å². The molecule has 2 amide bonds. The molecule has 0 aliphatic carbocycles. The van der Waals surface area contributed by atoms with Gasteiger partial charge in [-0.3, -0.25) is 9.59 Å². The van der Waals surface area contributed by atoms with E-state index in [9.17, 15) is 14.7 Å². The van der Waals surface area contributed by atoms with Gasteiger partial charge in [0.15, 0.2) is 0 Å². The Labute approximate surface area is 167 Å². The van der Waals surface area contributed by atoms with Gasteiger partial charge in [-0.1, -0.05) is 55.2 Å². The Hall–Kier alpha value is -2.50. The highest BCUT2D eigenvalue weighted by molar-refractivity contribution is 6.42. The number of halogens is 2. The zero-order chi connectivity index (χ0) is 19.7. The summed E-state index contributed by atoms with van der Waals surface area (Å²) in [6.07, 6.45) is 0. The van der Waals surface area contributed by atoms with Gasteiger partial charge in [0.2, 0.25) is 0 Å². The van der Waals surface area contributed by atoms with Crippen LogP contribution in [0.2, 0.25) is 10.0 Å². The zero-order valence-corrected chi connectivity index (χ0v) is 16.3. The Balaban J connectivity index is 1.84. The highest BCUT2D eigenvalue weighted by Gasteiger charge is 2.36. The molecule has 1 aliphatic rings. The molecule has 5 nitrogen and oxygen atoms in total. The van der Waals surface area contributed by atoms with E-state index in [1.165, 1.54) is 11.0 Å². The van der Waals surface area contributed by atoms with Gasteiger partial charge in [-0.15, -0.1) is 0 Å². The minimum atomic E-state index is -0.645. The summed E-state index contributed by atoms with van der Waals surface area (Å²) in [4.78, 5) is 26.7. The van der Waals surface area contributed by atoms with Crippen LogP contribution in [-0.4, -0.2) is 23.5 Å². The van der Waals surface area contributed by atoms with Gasteiger partial charge < -0.3 is 15.3 Å². The Kier molecular flexibility index (Phi) is 5.44. The van der Waals surface area contributed by atoms with Gasteiger partial charge in [0.1, 0.15) is 11.3 Å². The van der Waals surface area contributed by atoms with E-state index >= 15 is 0 Å². The lowest BCUT2D eigenvalue weighted by Crippen LogP contribution is -2.30. The maximum atomic E-state index is 12.7. The molecule has 0 unspecified atom stereocenters. The van der Waals surface area contributed by atoms with E-state index in [0.717, 1.165) is 5.56 Å². The highest BCUT2D eigenvalue weighted by atomic mass is 35.5. The molecular formula is C20H18Cl2N2O3. The van der Waals surface area contributed by atoms with Crippen molar-refractivity contribution >= 4 is 46.4 Å². The first-order valence-electron chi connectivity index (χ1n) is 8.39. The number of hydrogen-bond donors (Lipinski definition) is 2. The Morgan fingerprint density at radius 2 is 1.85 bits per heavy atom. The molecule has 0 spiro atoms. The quantitative estimate of drug-likeness (QED) is 0.710. The molecule has 0 atom stereocenters. The molecule has 1 heterocycles. The summed E-state index contributed by atoms with van der Waals surface area (Å²) in [6, 6.07) is 12.0. The summed E-state index contributed by atoms with van der Waals surface area (Å²) in [5.41, 5.74) is 1.72. The topological polar surface area (TPSA) is 69.6 Å². The maximum absolute atomic E-state index is 12.7. The molecular weight excluding hydrogens is 387 g/mol. The molecule has 2 aromatic rings. The number of hydrogen-bond acceptors (Lipinski definition) is 3. The first-order chi connectivity index (χ1) is 12.8. The monoisotopic (exact) mass is 404 g/mol. The van der Waals surface area contributed by atoms with E-state index in [4.69, 9.17) is 23.2 Å². The van der Waals surface area contributed by atoms with Crippen LogP contribution >= 0.6 is 23.2 Å². The molecule has 0 aromatic heterocycles. The van der Waals surface area contributed by atoms with Crippen LogP contribution < -0.4 is 10.2 Å². The Bertz CT molecular complexity index is 954. The van der Waals surface area contributed by atoms with E-state index in [-0.39, 0.29) is 28.8 Å². The molecule has 3 rings (SSSR count). The smallest absolute Gasteiger partial charge is 0.267 e. The molecule has 2 aromatic carbocycles. The third-order valence-corrected chi connectivity index (χ3v) is 5.07. The van der Waals surface area contributed by atoms with E-state index in [0.29, 0.717) is 16.4 Å². The maximum Gasteiger partial charge on any atom is 0.267 e. The molecule has 0 saturated heterocycles. The van der Waals surface area contributed by atoms with Crippen molar-refractivity contribution in [2.45, 2.75) is 19.8 Å². The van der Waals surface area contributed by atoms with Crippen LogP contribution in [0.5, 0.6) is 0 Å². The van der Waals surface area contributed by atoms with Crippen molar-refractivity contribution in [2.75, 3.05) is 16.8 Å². The van der Waals surface area contributed by atoms with Crippen LogP contribution in [0.3, 0.4) is 0 Å². The average Bonchev–Trinajstić information content (AvgIpc) is 2.92. The molecule has 1 aliphatic heterocycles. The van der Waals surface area contributed by atoms with Gasteiger partial charge >= 0.3 is 0 Å². The van der Waals surface area contributed by atoms with Gasteiger partial charge in [-0.25, -0.2) is 0 Å². The van der Waals surface area contributed by atoms with Crippen molar-refractivity contribution in [1.29, 1.82) is 0 Å². The van der Waals surface area contributed by atoms with E-state index in [2.05, 4.69) is 5.32 Å². The van der Waals surface area contributed by atoms with Crippen LogP contribution in [0.1, 0.15) is 25.3 Å². The fourth-order valence-electron chi connectivity index (χ4n) is 2.95. The summed E-state index contributed by atoms with van der Waals surface area (Å²) in [6.45, 7) is 3.91. The number of anilines is 2. The number of nitrogens with zero attached hydrogens (tertiary/aromatic N) is 1. The summed E-state index contributed by atoms with van der Waals surface area (Å²) in [7, 11) is 0. The van der Waals surface area contributed by atoms with Crippen LogP contribution in [-0.2, 0) is 9.59 Å². The summed E-state index contributed by atoms with van der Waals surface area (Å²) >= 11 is 11.9. The van der Waals surface area contributed by atoms with Crippen LogP contribution in [0.4, 0.5) is 11.4 Å². The fourth-order valence-corrected chi connectivity index (χ4v) is 3.24. The van der Waals surface area contributed by atoms with Crippen molar-refractivity contribution in [3.05, 3.63) is 69.4 Å². The number of rotatable bonds is 4. The minimum absolute atomic E-state index is 0.106. The predicted molar refractivity (Wildman–Crippen MR) is 108 cm³/mol. The number of nitrogens with one attached hydrogen (secondary N) is 1. The Morgan fingerprint density at radius 1 is 1.15 bits per heavy atom. The Morgan fingerprint density at radius 3 is 2.52 bits per heavy atom. The molecule has 0 radical (unpaired) electrons. The van der Waals surface area contributed by atoms with Gasteiger partial charge in [0.25, 0.3) is 11.8 Å². The van der Waals surface area contributed by atoms with Gasteiger partial charge in [-0.05, 0) is 35.7 Å². The zero-order valence-electron chi connectivity index (χ0n) is 14.8. The SMILES string of the molecule is CC(C)c1ccccc1NC(=O)C1=C(O)CN(c2ccc(Cl)c(Cl)c2)C1=O. The van der Waals surface area contributed by atoms with E-state index in [1.54, 1.807) is 24.3 Å². The number of carbonyl (C=O) groups excluding carboxylic acids is 2. The van der Waals surface area contributed by atoms with Gasteiger partial charge in [0, 0.05) is 11.4 Å². The molecule has 7 heteroatoms. The summed E-state index contributed by atoms with van der Waals surface area (Å²) in [5.74, 6) is -1.33. The van der Waals surface area contributed by atoms with E-state index < -0.39 is 11.8 Å². The first kappa shape index (κ1) is 19.3. The average molecular weight is 405 g/mol.